The van der Waals surface area contributed by atoms with Crippen LogP contribution in [0.3, 0.4) is 0 Å². The van der Waals surface area contributed by atoms with Crippen LogP contribution < -0.4 is 11.2 Å². The van der Waals surface area contributed by atoms with E-state index in [-0.39, 0.29) is 0 Å². The summed E-state index contributed by atoms with van der Waals surface area (Å²) in [5.41, 5.74) is 11.2. The van der Waals surface area contributed by atoms with Gasteiger partial charge in [-0.05, 0) is 29.2 Å². The Kier molecular flexibility index (Phi) is 3.24. The number of nitrogen functional groups attached to an aromatic ring is 1. The summed E-state index contributed by atoms with van der Waals surface area (Å²) in [6.45, 7) is 2.92. The second-order valence-electron chi connectivity index (χ2n) is 5.86. The quantitative estimate of drug-likeness (QED) is 0.550. The highest BCUT2D eigenvalue weighted by Gasteiger charge is 2.16. The minimum absolute atomic E-state index is 0.582. The van der Waals surface area contributed by atoms with E-state index < -0.39 is 6.92 Å². The van der Waals surface area contributed by atoms with Gasteiger partial charge in [0.05, 0.1) is 17.4 Å². The van der Waals surface area contributed by atoms with Gasteiger partial charge in [-0.2, -0.15) is 10.2 Å². The van der Waals surface area contributed by atoms with Gasteiger partial charge in [0.2, 0.25) is 0 Å². The summed E-state index contributed by atoms with van der Waals surface area (Å²) in [6, 6.07) is 9.55. The number of nitrogens with zero attached hydrogens (tertiary/aromatic N) is 3. The molecule has 0 atom stereocenters. The van der Waals surface area contributed by atoms with Crippen LogP contribution in [0.2, 0.25) is 6.82 Å². The van der Waals surface area contributed by atoms with E-state index in [1.807, 2.05) is 30.3 Å². The van der Waals surface area contributed by atoms with E-state index in [0.29, 0.717) is 22.7 Å². The van der Waals surface area contributed by atoms with Crippen molar-refractivity contribution in [1.82, 2.24) is 15.2 Å². The molecule has 0 radical (unpaired) electrons. The molecule has 2 aromatic carbocycles. The third-order valence-corrected chi connectivity index (χ3v) is 4.09. The van der Waals surface area contributed by atoms with Crippen LogP contribution >= 0.6 is 0 Å². The lowest BCUT2D eigenvalue weighted by Crippen LogP contribution is -2.26. The molecule has 4 aromatic rings. The molecule has 0 bridgehead atoms. The van der Waals surface area contributed by atoms with Crippen LogP contribution in [-0.4, -0.2) is 27.1 Å². The van der Waals surface area contributed by atoms with Crippen LogP contribution in [0.5, 0.6) is 0 Å². The summed E-state index contributed by atoms with van der Waals surface area (Å²) in [5, 5.41) is 18.9. The van der Waals surface area contributed by atoms with Crippen molar-refractivity contribution >= 4 is 40.1 Å². The Bertz CT molecular complexity index is 1080. The average molecular weight is 318 g/mol. The van der Waals surface area contributed by atoms with Crippen LogP contribution in [0, 0.1) is 6.92 Å². The smallest absolute Gasteiger partial charge is 0.320 e. The molecular weight excluding hydrogens is 303 g/mol. The number of anilines is 1. The summed E-state index contributed by atoms with van der Waals surface area (Å²) in [5.74, 6) is 0.582. The molecule has 0 saturated heterocycles. The molecule has 0 unspecified atom stereocenters. The summed E-state index contributed by atoms with van der Waals surface area (Å²) in [6.07, 6.45) is 1.54. The number of nitrogens with two attached hydrogens (primary N) is 1. The van der Waals surface area contributed by atoms with Crippen LogP contribution in [0.4, 0.5) is 5.69 Å². The van der Waals surface area contributed by atoms with Crippen molar-refractivity contribution in [1.29, 1.82) is 0 Å². The first kappa shape index (κ1) is 14.7. The molecule has 0 spiro atoms. The second kappa shape index (κ2) is 5.31. The molecule has 118 valence electrons. The monoisotopic (exact) mass is 318 g/mol. The summed E-state index contributed by atoms with van der Waals surface area (Å²) < 4.78 is 5.66. The molecular formula is C17H15BN4O2. The Hall–Kier alpha value is -2.93. The number of hydrogen-bond donors (Lipinski definition) is 2. The van der Waals surface area contributed by atoms with E-state index >= 15 is 0 Å². The van der Waals surface area contributed by atoms with E-state index in [1.54, 1.807) is 13.7 Å². The minimum Gasteiger partial charge on any atom is -0.446 e. The van der Waals surface area contributed by atoms with Crippen molar-refractivity contribution in [2.45, 2.75) is 13.7 Å². The van der Waals surface area contributed by atoms with E-state index in [4.69, 9.17) is 10.2 Å². The fourth-order valence-corrected chi connectivity index (χ4v) is 2.87. The van der Waals surface area contributed by atoms with Gasteiger partial charge in [-0.3, -0.25) is 0 Å². The Balaban J connectivity index is 2.01. The van der Waals surface area contributed by atoms with E-state index in [1.165, 1.54) is 6.20 Å². The Labute approximate surface area is 138 Å². The molecule has 0 aliphatic carbocycles. The van der Waals surface area contributed by atoms with E-state index in [2.05, 4.69) is 15.2 Å². The summed E-state index contributed by atoms with van der Waals surface area (Å²) >= 11 is 0. The number of rotatable bonds is 2. The number of aromatic nitrogens is 3. The van der Waals surface area contributed by atoms with Crippen LogP contribution in [0.1, 0.15) is 5.89 Å². The molecule has 24 heavy (non-hydrogen) atoms. The number of benzene rings is 2. The van der Waals surface area contributed by atoms with Crippen LogP contribution in [-0.2, 0) is 0 Å². The molecule has 0 fully saturated rings. The normalized spacial score (nSPS) is 11.3. The van der Waals surface area contributed by atoms with Gasteiger partial charge in [0, 0.05) is 17.9 Å². The Morgan fingerprint density at radius 3 is 2.83 bits per heavy atom. The number of hydrogen-bond acceptors (Lipinski definition) is 6. The fourth-order valence-electron chi connectivity index (χ4n) is 2.87. The van der Waals surface area contributed by atoms with Gasteiger partial charge in [-0.15, -0.1) is 0 Å². The molecule has 7 heteroatoms. The maximum absolute atomic E-state index is 9.97. The standard InChI is InChI=1S/C17H15BN4O2/c1-9-21-17-13(6-11(18(2)23)7-16(17)24-9)10-3-4-12-14(19)8-20-22-15(12)5-10/h3-8,23H,1-2H3,(H2,19,22). The van der Waals surface area contributed by atoms with Gasteiger partial charge >= 0.3 is 6.92 Å². The number of fused-ring (bicyclic) bond motifs is 2. The summed E-state index contributed by atoms with van der Waals surface area (Å²) in [4.78, 5) is 4.48. The third-order valence-electron chi connectivity index (χ3n) is 4.09. The van der Waals surface area contributed by atoms with Crippen molar-refractivity contribution in [3.63, 3.8) is 0 Å². The maximum atomic E-state index is 9.97. The molecule has 0 aliphatic rings. The van der Waals surface area contributed by atoms with Crippen molar-refractivity contribution in [2.24, 2.45) is 0 Å². The zero-order chi connectivity index (χ0) is 16.8. The predicted molar refractivity (Wildman–Crippen MR) is 95.2 cm³/mol. The van der Waals surface area contributed by atoms with E-state index in [9.17, 15) is 5.02 Å². The summed E-state index contributed by atoms with van der Waals surface area (Å²) in [7, 11) is 0. The molecule has 4 rings (SSSR count). The van der Waals surface area contributed by atoms with E-state index in [0.717, 1.165) is 27.5 Å². The largest absolute Gasteiger partial charge is 0.446 e. The zero-order valence-electron chi connectivity index (χ0n) is 13.3. The first-order chi connectivity index (χ1) is 11.5. The Morgan fingerprint density at radius 2 is 2.04 bits per heavy atom. The van der Waals surface area contributed by atoms with Crippen molar-refractivity contribution in [3.8, 4) is 11.1 Å². The lowest BCUT2D eigenvalue weighted by molar-refractivity contribution is 0.560. The van der Waals surface area contributed by atoms with Gasteiger partial charge < -0.3 is 15.2 Å². The lowest BCUT2D eigenvalue weighted by Gasteiger charge is -2.08. The minimum atomic E-state index is -0.602. The SMILES string of the molecule is CB(O)c1cc(-c2ccc3c(N)cnnc3c2)c2nc(C)oc2c1. The molecule has 0 amide bonds. The molecule has 6 nitrogen and oxygen atoms in total. The highest BCUT2D eigenvalue weighted by Crippen LogP contribution is 2.30. The van der Waals surface area contributed by atoms with Crippen LogP contribution in [0.25, 0.3) is 33.1 Å². The number of oxazole rings is 1. The predicted octanol–water partition coefficient (Wildman–Crippen LogP) is 2.15. The molecule has 0 aliphatic heterocycles. The van der Waals surface area contributed by atoms with Gasteiger partial charge in [0.15, 0.2) is 11.5 Å². The topological polar surface area (TPSA) is 98.1 Å². The van der Waals surface area contributed by atoms with Gasteiger partial charge in [-0.25, -0.2) is 4.98 Å². The lowest BCUT2D eigenvalue weighted by atomic mass is 9.64. The molecule has 3 N–H and O–H groups in total. The van der Waals surface area contributed by atoms with Crippen molar-refractivity contribution in [2.75, 3.05) is 5.73 Å². The van der Waals surface area contributed by atoms with Crippen molar-refractivity contribution in [3.05, 3.63) is 42.4 Å². The Morgan fingerprint density at radius 1 is 1.21 bits per heavy atom. The molecule has 2 heterocycles. The van der Waals surface area contributed by atoms with Gasteiger partial charge in [0.25, 0.3) is 0 Å². The maximum Gasteiger partial charge on any atom is 0.320 e. The zero-order valence-corrected chi connectivity index (χ0v) is 13.3. The van der Waals surface area contributed by atoms with Gasteiger partial charge in [-0.1, -0.05) is 19.0 Å². The first-order valence-electron chi connectivity index (χ1n) is 7.63. The number of aryl methyl sites for hydroxylation is 1. The highest BCUT2D eigenvalue weighted by atomic mass is 16.3. The van der Waals surface area contributed by atoms with Gasteiger partial charge in [0.1, 0.15) is 5.52 Å². The van der Waals surface area contributed by atoms with Crippen molar-refractivity contribution < 1.29 is 9.44 Å². The second-order valence-corrected chi connectivity index (χ2v) is 5.86. The fraction of sp³-hybridized carbons (Fsp3) is 0.118. The highest BCUT2D eigenvalue weighted by molar-refractivity contribution is 6.65. The molecule has 2 aromatic heterocycles. The van der Waals surface area contributed by atoms with Crippen LogP contribution in [0.15, 0.2) is 40.9 Å². The first-order valence-corrected chi connectivity index (χ1v) is 7.63. The molecule has 0 saturated carbocycles. The average Bonchev–Trinajstić information content (AvgIpc) is 2.93. The third kappa shape index (κ3) is 2.30.